The van der Waals surface area contributed by atoms with Crippen LogP contribution in [0.5, 0.6) is 0 Å². The van der Waals surface area contributed by atoms with Gasteiger partial charge in [0.1, 0.15) is 16.2 Å². The molecule has 0 aliphatic rings. The minimum absolute atomic E-state index is 0.647. The van der Waals surface area contributed by atoms with E-state index in [9.17, 15) is 0 Å². The van der Waals surface area contributed by atoms with Crippen LogP contribution >= 0.6 is 27.7 Å². The van der Waals surface area contributed by atoms with E-state index in [0.29, 0.717) is 5.92 Å². The van der Waals surface area contributed by atoms with Gasteiger partial charge in [-0.3, -0.25) is 0 Å². The number of halogens is 1. The van der Waals surface area contributed by atoms with E-state index in [-0.39, 0.29) is 0 Å². The van der Waals surface area contributed by atoms with E-state index in [1.807, 2.05) is 17.8 Å². The van der Waals surface area contributed by atoms with E-state index in [0.717, 1.165) is 29.2 Å². The summed E-state index contributed by atoms with van der Waals surface area (Å²) in [6.45, 7) is 5.25. The first kappa shape index (κ1) is 13.8. The average molecular weight is 304 g/mol. The van der Waals surface area contributed by atoms with E-state index in [4.69, 9.17) is 0 Å². The Morgan fingerprint density at radius 3 is 2.88 bits per heavy atom. The number of anilines is 1. The molecule has 0 spiro atoms. The van der Waals surface area contributed by atoms with Gasteiger partial charge in [-0.15, -0.1) is 0 Å². The molecule has 0 saturated heterocycles. The van der Waals surface area contributed by atoms with E-state index in [1.165, 1.54) is 5.75 Å². The SMILES string of the molecule is CCc1nc(Br)cc(NCC(C)CSC)n1. The predicted molar refractivity (Wildman–Crippen MR) is 75.1 cm³/mol. The molecule has 1 unspecified atom stereocenters. The van der Waals surface area contributed by atoms with E-state index in [1.54, 1.807) is 0 Å². The van der Waals surface area contributed by atoms with Crippen LogP contribution in [0.25, 0.3) is 0 Å². The molecule has 16 heavy (non-hydrogen) atoms. The van der Waals surface area contributed by atoms with Crippen LogP contribution in [0.15, 0.2) is 10.7 Å². The Balaban J connectivity index is 2.56. The molecule has 0 aliphatic carbocycles. The Kier molecular flexibility index (Phi) is 6.13. The number of hydrogen-bond acceptors (Lipinski definition) is 4. The number of nitrogens with zero attached hydrogens (tertiary/aromatic N) is 2. The molecule has 0 amide bonds. The summed E-state index contributed by atoms with van der Waals surface area (Å²) in [7, 11) is 0. The minimum Gasteiger partial charge on any atom is -0.370 e. The Morgan fingerprint density at radius 1 is 1.50 bits per heavy atom. The summed E-state index contributed by atoms with van der Waals surface area (Å²) in [5, 5.41) is 3.35. The van der Waals surface area contributed by atoms with Crippen LogP contribution in [0.2, 0.25) is 0 Å². The minimum atomic E-state index is 0.647. The molecule has 5 heteroatoms. The molecule has 3 nitrogen and oxygen atoms in total. The summed E-state index contributed by atoms with van der Waals surface area (Å²) in [5.74, 6) is 3.59. The zero-order valence-corrected chi connectivity index (χ0v) is 12.4. The lowest BCUT2D eigenvalue weighted by Crippen LogP contribution is -2.14. The first-order chi connectivity index (χ1) is 7.65. The number of hydrogen-bond donors (Lipinski definition) is 1. The van der Waals surface area contributed by atoms with E-state index >= 15 is 0 Å². The maximum absolute atomic E-state index is 4.43. The van der Waals surface area contributed by atoms with Gasteiger partial charge < -0.3 is 5.32 Å². The van der Waals surface area contributed by atoms with Gasteiger partial charge in [-0.1, -0.05) is 13.8 Å². The number of nitrogens with one attached hydrogen (secondary N) is 1. The summed E-state index contributed by atoms with van der Waals surface area (Å²) in [5.41, 5.74) is 0. The Bertz CT molecular complexity index is 333. The van der Waals surface area contributed by atoms with Crippen LogP contribution in [0, 0.1) is 5.92 Å². The molecule has 1 atom stereocenters. The summed E-state index contributed by atoms with van der Waals surface area (Å²) in [6.07, 6.45) is 2.99. The molecule has 0 saturated carbocycles. The number of rotatable bonds is 6. The first-order valence-corrected chi connectivity index (χ1v) is 7.60. The Morgan fingerprint density at radius 2 is 2.25 bits per heavy atom. The lowest BCUT2D eigenvalue weighted by Gasteiger charge is -2.12. The van der Waals surface area contributed by atoms with Crippen LogP contribution < -0.4 is 5.32 Å². The van der Waals surface area contributed by atoms with Gasteiger partial charge in [0.25, 0.3) is 0 Å². The summed E-state index contributed by atoms with van der Waals surface area (Å²) < 4.78 is 0.847. The second-order valence-electron chi connectivity index (χ2n) is 3.79. The third kappa shape index (κ3) is 4.70. The molecule has 1 rings (SSSR count). The zero-order chi connectivity index (χ0) is 12.0. The van der Waals surface area contributed by atoms with E-state index < -0.39 is 0 Å². The van der Waals surface area contributed by atoms with Gasteiger partial charge >= 0.3 is 0 Å². The highest BCUT2D eigenvalue weighted by molar-refractivity contribution is 9.10. The van der Waals surface area contributed by atoms with Crippen molar-refractivity contribution in [2.75, 3.05) is 23.9 Å². The molecule has 1 aromatic rings. The quantitative estimate of drug-likeness (QED) is 0.819. The van der Waals surface area contributed by atoms with Crippen molar-refractivity contribution in [2.24, 2.45) is 5.92 Å². The normalized spacial score (nSPS) is 12.5. The number of aromatic nitrogens is 2. The van der Waals surface area contributed by atoms with Crippen molar-refractivity contribution in [3.8, 4) is 0 Å². The van der Waals surface area contributed by atoms with E-state index in [2.05, 4.69) is 51.3 Å². The van der Waals surface area contributed by atoms with Crippen molar-refractivity contribution in [3.63, 3.8) is 0 Å². The highest BCUT2D eigenvalue weighted by Gasteiger charge is 2.04. The van der Waals surface area contributed by atoms with Gasteiger partial charge in [-0.25, -0.2) is 9.97 Å². The predicted octanol–water partition coefficient (Wildman–Crippen LogP) is 3.21. The molecule has 0 radical (unpaired) electrons. The molecule has 0 bridgehead atoms. The molecule has 90 valence electrons. The van der Waals surface area contributed by atoms with Gasteiger partial charge in [0.15, 0.2) is 0 Å². The lowest BCUT2D eigenvalue weighted by atomic mass is 10.2. The monoisotopic (exact) mass is 303 g/mol. The third-order valence-electron chi connectivity index (χ3n) is 2.14. The molecule has 0 aliphatic heterocycles. The van der Waals surface area contributed by atoms with Gasteiger partial charge in [0.05, 0.1) is 0 Å². The molecular formula is C11H18BrN3S. The molecule has 0 fully saturated rings. The molecular weight excluding hydrogens is 286 g/mol. The third-order valence-corrected chi connectivity index (χ3v) is 3.45. The first-order valence-electron chi connectivity index (χ1n) is 5.42. The second-order valence-corrected chi connectivity index (χ2v) is 5.51. The maximum atomic E-state index is 4.43. The smallest absolute Gasteiger partial charge is 0.131 e. The van der Waals surface area contributed by atoms with Crippen LogP contribution in [-0.2, 0) is 6.42 Å². The van der Waals surface area contributed by atoms with Gasteiger partial charge in [-0.2, -0.15) is 11.8 Å². The fourth-order valence-electron chi connectivity index (χ4n) is 1.34. The molecule has 1 N–H and O–H groups in total. The number of thioether (sulfide) groups is 1. The maximum Gasteiger partial charge on any atom is 0.131 e. The molecule has 0 aromatic carbocycles. The van der Waals surface area contributed by atoms with Crippen LogP contribution in [0.4, 0.5) is 5.82 Å². The Hall–Kier alpha value is -0.290. The summed E-state index contributed by atoms with van der Waals surface area (Å²) in [6, 6.07) is 1.92. The zero-order valence-electron chi connectivity index (χ0n) is 9.96. The van der Waals surface area contributed by atoms with Crippen molar-refractivity contribution in [1.82, 2.24) is 9.97 Å². The lowest BCUT2D eigenvalue weighted by molar-refractivity contribution is 0.698. The average Bonchev–Trinajstić information content (AvgIpc) is 2.26. The van der Waals surface area contributed by atoms with Crippen molar-refractivity contribution >= 4 is 33.5 Å². The molecule has 1 heterocycles. The van der Waals surface area contributed by atoms with Crippen molar-refractivity contribution in [2.45, 2.75) is 20.3 Å². The summed E-state index contributed by atoms with van der Waals surface area (Å²) in [4.78, 5) is 8.70. The van der Waals surface area contributed by atoms with Gasteiger partial charge in [-0.05, 0) is 33.9 Å². The van der Waals surface area contributed by atoms with Gasteiger partial charge in [0, 0.05) is 19.0 Å². The summed E-state index contributed by atoms with van der Waals surface area (Å²) >= 11 is 5.27. The van der Waals surface area contributed by atoms with Crippen LogP contribution in [0.1, 0.15) is 19.7 Å². The standard InChI is InChI=1S/C11H18BrN3S/c1-4-10-14-9(12)5-11(15-10)13-6-8(2)7-16-3/h5,8H,4,6-7H2,1-3H3,(H,13,14,15). The van der Waals surface area contributed by atoms with Crippen molar-refractivity contribution in [1.29, 1.82) is 0 Å². The Labute approximate surface area is 110 Å². The fraction of sp³-hybridized carbons (Fsp3) is 0.636. The van der Waals surface area contributed by atoms with Gasteiger partial charge in [0.2, 0.25) is 0 Å². The largest absolute Gasteiger partial charge is 0.370 e. The second kappa shape index (κ2) is 7.12. The highest BCUT2D eigenvalue weighted by Crippen LogP contribution is 2.13. The molecule has 1 aromatic heterocycles. The van der Waals surface area contributed by atoms with Crippen LogP contribution in [0.3, 0.4) is 0 Å². The van der Waals surface area contributed by atoms with Crippen molar-refractivity contribution in [3.05, 3.63) is 16.5 Å². The van der Waals surface area contributed by atoms with Crippen LogP contribution in [-0.4, -0.2) is 28.5 Å². The number of aryl methyl sites for hydroxylation is 1. The van der Waals surface area contributed by atoms with Crippen molar-refractivity contribution < 1.29 is 0 Å². The highest BCUT2D eigenvalue weighted by atomic mass is 79.9. The topological polar surface area (TPSA) is 37.8 Å². The fourth-order valence-corrected chi connectivity index (χ4v) is 2.44.